The molecule has 2 aromatic carbocycles. The van der Waals surface area contributed by atoms with Gasteiger partial charge in [0.2, 0.25) is 5.91 Å². The third-order valence-corrected chi connectivity index (χ3v) is 4.83. The van der Waals surface area contributed by atoms with E-state index in [9.17, 15) is 4.79 Å². The number of likely N-dealkylation sites (tertiary alicyclic amines) is 1. The van der Waals surface area contributed by atoms with E-state index in [2.05, 4.69) is 46.6 Å². The van der Waals surface area contributed by atoms with E-state index in [1.54, 1.807) is 0 Å². The van der Waals surface area contributed by atoms with E-state index in [1.807, 2.05) is 26.0 Å². The Morgan fingerprint density at radius 3 is 2.75 bits per heavy atom. The Kier molecular flexibility index (Phi) is 5.31. The standard InChI is InChI=1S/C21H26N2O/c1-16-10-11-17(2)20(13-16)22-21(24)15-23-12-6-9-19(23)14-18-7-4-3-5-8-18/h3-5,7-8,10-11,13,19H,6,9,12,14-15H2,1-2H3,(H,22,24). The first-order valence-corrected chi connectivity index (χ1v) is 8.77. The van der Waals surface area contributed by atoms with Gasteiger partial charge in [-0.25, -0.2) is 0 Å². The van der Waals surface area contributed by atoms with Crippen molar-refractivity contribution >= 4 is 11.6 Å². The molecule has 0 aliphatic carbocycles. The molecule has 1 unspecified atom stereocenters. The Labute approximate surface area is 144 Å². The molecule has 1 aliphatic rings. The summed E-state index contributed by atoms with van der Waals surface area (Å²) in [4.78, 5) is 14.8. The van der Waals surface area contributed by atoms with Crippen molar-refractivity contribution in [3.8, 4) is 0 Å². The van der Waals surface area contributed by atoms with Gasteiger partial charge in [-0.2, -0.15) is 0 Å². The average molecular weight is 322 g/mol. The van der Waals surface area contributed by atoms with Crippen molar-refractivity contribution in [2.24, 2.45) is 0 Å². The second kappa shape index (κ2) is 7.63. The zero-order valence-electron chi connectivity index (χ0n) is 14.6. The molecule has 0 saturated carbocycles. The third-order valence-electron chi connectivity index (χ3n) is 4.83. The van der Waals surface area contributed by atoms with Crippen LogP contribution >= 0.6 is 0 Å². The first kappa shape index (κ1) is 16.7. The molecular formula is C21H26N2O. The van der Waals surface area contributed by atoms with Gasteiger partial charge < -0.3 is 5.32 Å². The lowest BCUT2D eigenvalue weighted by atomic mass is 10.0. The minimum atomic E-state index is 0.0867. The molecule has 1 heterocycles. The third kappa shape index (κ3) is 4.24. The van der Waals surface area contributed by atoms with Crippen molar-refractivity contribution in [2.45, 2.75) is 39.2 Å². The molecule has 1 amide bonds. The first-order valence-electron chi connectivity index (χ1n) is 8.77. The summed E-state index contributed by atoms with van der Waals surface area (Å²) in [6.45, 7) is 5.57. The van der Waals surface area contributed by atoms with Gasteiger partial charge in [0.05, 0.1) is 6.54 Å². The number of nitrogens with one attached hydrogen (secondary N) is 1. The van der Waals surface area contributed by atoms with Crippen molar-refractivity contribution in [2.75, 3.05) is 18.4 Å². The number of carbonyl (C=O) groups excluding carboxylic acids is 1. The number of anilines is 1. The number of aryl methyl sites for hydroxylation is 2. The van der Waals surface area contributed by atoms with E-state index in [4.69, 9.17) is 0 Å². The fourth-order valence-electron chi connectivity index (χ4n) is 3.47. The molecule has 3 rings (SSSR count). The number of carbonyl (C=O) groups is 1. The SMILES string of the molecule is Cc1ccc(C)c(NC(=O)CN2CCCC2Cc2ccccc2)c1. The Hall–Kier alpha value is -2.13. The van der Waals surface area contributed by atoms with Crippen LogP contribution in [0.15, 0.2) is 48.5 Å². The molecule has 3 heteroatoms. The number of hydrogen-bond donors (Lipinski definition) is 1. The number of nitrogens with zero attached hydrogens (tertiary/aromatic N) is 1. The molecule has 1 atom stereocenters. The summed E-state index contributed by atoms with van der Waals surface area (Å²) in [5.74, 6) is 0.0867. The summed E-state index contributed by atoms with van der Waals surface area (Å²) in [5, 5.41) is 3.08. The summed E-state index contributed by atoms with van der Waals surface area (Å²) in [6.07, 6.45) is 3.37. The molecule has 1 saturated heterocycles. The van der Waals surface area contributed by atoms with Gasteiger partial charge in [0.25, 0.3) is 0 Å². The molecule has 1 fully saturated rings. The van der Waals surface area contributed by atoms with E-state index >= 15 is 0 Å². The maximum Gasteiger partial charge on any atom is 0.238 e. The highest BCUT2D eigenvalue weighted by atomic mass is 16.2. The Morgan fingerprint density at radius 2 is 1.96 bits per heavy atom. The number of amides is 1. The van der Waals surface area contributed by atoms with E-state index < -0.39 is 0 Å². The molecular weight excluding hydrogens is 296 g/mol. The van der Waals surface area contributed by atoms with Crippen molar-refractivity contribution in [3.05, 3.63) is 65.2 Å². The van der Waals surface area contributed by atoms with Crippen LogP contribution in [0, 0.1) is 13.8 Å². The van der Waals surface area contributed by atoms with Crippen molar-refractivity contribution in [1.29, 1.82) is 0 Å². The Morgan fingerprint density at radius 1 is 1.17 bits per heavy atom. The maximum atomic E-state index is 12.5. The predicted octanol–water partition coefficient (Wildman–Crippen LogP) is 3.95. The molecule has 2 aromatic rings. The van der Waals surface area contributed by atoms with Crippen LogP contribution in [-0.4, -0.2) is 29.9 Å². The summed E-state index contributed by atoms with van der Waals surface area (Å²) >= 11 is 0. The van der Waals surface area contributed by atoms with Crippen LogP contribution in [0.1, 0.15) is 29.5 Å². The van der Waals surface area contributed by atoms with Crippen LogP contribution in [0.2, 0.25) is 0 Å². The fourth-order valence-corrected chi connectivity index (χ4v) is 3.47. The van der Waals surface area contributed by atoms with Gasteiger partial charge in [0, 0.05) is 11.7 Å². The molecule has 0 bridgehead atoms. The highest BCUT2D eigenvalue weighted by molar-refractivity contribution is 5.93. The molecule has 0 radical (unpaired) electrons. The van der Waals surface area contributed by atoms with Crippen molar-refractivity contribution < 1.29 is 4.79 Å². The highest BCUT2D eigenvalue weighted by Gasteiger charge is 2.26. The summed E-state index contributed by atoms with van der Waals surface area (Å²) in [6, 6.07) is 17.2. The number of rotatable bonds is 5. The normalized spacial score (nSPS) is 17.8. The average Bonchev–Trinajstić information content (AvgIpc) is 2.99. The van der Waals surface area contributed by atoms with Gasteiger partial charge in [-0.05, 0) is 62.4 Å². The molecule has 1 aliphatic heterocycles. The van der Waals surface area contributed by atoms with Crippen molar-refractivity contribution in [3.63, 3.8) is 0 Å². The van der Waals surface area contributed by atoms with Crippen LogP contribution in [0.5, 0.6) is 0 Å². The lowest BCUT2D eigenvalue weighted by Crippen LogP contribution is -2.38. The van der Waals surface area contributed by atoms with Crippen LogP contribution in [0.25, 0.3) is 0 Å². The highest BCUT2D eigenvalue weighted by Crippen LogP contribution is 2.22. The monoisotopic (exact) mass is 322 g/mol. The van der Waals surface area contributed by atoms with Crippen LogP contribution in [0.3, 0.4) is 0 Å². The zero-order valence-corrected chi connectivity index (χ0v) is 14.6. The van der Waals surface area contributed by atoms with E-state index in [0.29, 0.717) is 12.6 Å². The van der Waals surface area contributed by atoms with Gasteiger partial charge >= 0.3 is 0 Å². The van der Waals surface area contributed by atoms with Gasteiger partial charge in [0.1, 0.15) is 0 Å². The van der Waals surface area contributed by atoms with Crippen molar-refractivity contribution in [1.82, 2.24) is 4.90 Å². The summed E-state index contributed by atoms with van der Waals surface area (Å²) in [7, 11) is 0. The Bertz CT molecular complexity index is 696. The van der Waals surface area contributed by atoms with Crippen LogP contribution in [0.4, 0.5) is 5.69 Å². The van der Waals surface area contributed by atoms with E-state index in [-0.39, 0.29) is 5.91 Å². The minimum absolute atomic E-state index is 0.0867. The summed E-state index contributed by atoms with van der Waals surface area (Å²) < 4.78 is 0. The molecule has 3 nitrogen and oxygen atoms in total. The largest absolute Gasteiger partial charge is 0.325 e. The molecule has 0 spiro atoms. The first-order chi connectivity index (χ1) is 11.6. The molecule has 1 N–H and O–H groups in total. The second-order valence-corrected chi connectivity index (χ2v) is 6.82. The number of benzene rings is 2. The maximum absolute atomic E-state index is 12.5. The molecule has 126 valence electrons. The summed E-state index contributed by atoms with van der Waals surface area (Å²) in [5.41, 5.74) is 4.55. The second-order valence-electron chi connectivity index (χ2n) is 6.82. The van der Waals surface area contributed by atoms with Gasteiger partial charge in [-0.3, -0.25) is 9.69 Å². The lowest BCUT2D eigenvalue weighted by Gasteiger charge is -2.24. The van der Waals surface area contributed by atoms with Gasteiger partial charge in [-0.1, -0.05) is 42.5 Å². The zero-order chi connectivity index (χ0) is 16.9. The minimum Gasteiger partial charge on any atom is -0.325 e. The fraction of sp³-hybridized carbons (Fsp3) is 0.381. The van der Waals surface area contributed by atoms with E-state index in [0.717, 1.165) is 24.2 Å². The topological polar surface area (TPSA) is 32.3 Å². The Balaban J connectivity index is 1.60. The smallest absolute Gasteiger partial charge is 0.238 e. The van der Waals surface area contributed by atoms with Crippen LogP contribution in [-0.2, 0) is 11.2 Å². The van der Waals surface area contributed by atoms with Crippen LogP contribution < -0.4 is 5.32 Å². The van der Waals surface area contributed by atoms with E-state index in [1.165, 1.54) is 24.0 Å². The van der Waals surface area contributed by atoms with Gasteiger partial charge in [0.15, 0.2) is 0 Å². The predicted molar refractivity (Wildman–Crippen MR) is 99.3 cm³/mol. The quantitative estimate of drug-likeness (QED) is 0.904. The molecule has 24 heavy (non-hydrogen) atoms. The molecule has 0 aromatic heterocycles. The number of hydrogen-bond acceptors (Lipinski definition) is 2. The van der Waals surface area contributed by atoms with Gasteiger partial charge in [-0.15, -0.1) is 0 Å². The lowest BCUT2D eigenvalue weighted by molar-refractivity contribution is -0.117.